The molecule has 2 amide bonds. The van der Waals surface area contributed by atoms with Gasteiger partial charge in [0.1, 0.15) is 12.7 Å². The van der Waals surface area contributed by atoms with Crippen molar-refractivity contribution < 1.29 is 45.8 Å². The molecule has 254 valence electrons. The minimum Gasteiger partial charge on any atom is -0.445 e. The first-order valence-electron chi connectivity index (χ1n) is 15.6. The Morgan fingerprint density at radius 1 is 1.15 bits per heavy atom. The number of hydrogen-bond acceptors (Lipinski definition) is 8. The number of morpholine rings is 1. The number of hydrogen-bond donors (Lipinski definition) is 2. The largest absolute Gasteiger partial charge is 0.445 e. The Labute approximate surface area is 266 Å². The van der Waals surface area contributed by atoms with Crippen LogP contribution in [0.5, 0.6) is 0 Å². The van der Waals surface area contributed by atoms with Crippen LogP contribution in [-0.4, -0.2) is 75.6 Å². The van der Waals surface area contributed by atoms with Gasteiger partial charge < -0.3 is 24.8 Å². The number of carbonyl (C=O) groups excluding carboxylic acids is 2. The molecule has 1 aliphatic carbocycles. The van der Waals surface area contributed by atoms with E-state index < -0.39 is 61.2 Å². The molecule has 0 spiro atoms. The van der Waals surface area contributed by atoms with E-state index in [1.165, 1.54) is 10.7 Å². The number of rotatable bonds is 8. The highest BCUT2D eigenvalue weighted by Crippen LogP contribution is 2.42. The predicted octanol–water partition coefficient (Wildman–Crippen LogP) is 4.80. The van der Waals surface area contributed by atoms with Gasteiger partial charge in [0, 0.05) is 38.4 Å². The molecule has 3 fully saturated rings. The third-order valence-electron chi connectivity index (χ3n) is 8.82. The van der Waals surface area contributed by atoms with Crippen molar-refractivity contribution in [3.63, 3.8) is 0 Å². The van der Waals surface area contributed by atoms with Crippen LogP contribution in [0.4, 0.5) is 26.7 Å². The number of imidazole rings is 1. The molecule has 16 heteroatoms. The summed E-state index contributed by atoms with van der Waals surface area (Å²) >= 11 is 0. The van der Waals surface area contributed by atoms with Crippen LogP contribution in [-0.2, 0) is 32.0 Å². The van der Waals surface area contributed by atoms with E-state index in [-0.39, 0.29) is 49.0 Å². The maximum Gasteiger partial charge on any atom is 0.416 e. The lowest BCUT2D eigenvalue weighted by atomic mass is 9.81. The van der Waals surface area contributed by atoms with Crippen molar-refractivity contribution in [2.75, 3.05) is 19.8 Å². The van der Waals surface area contributed by atoms with Gasteiger partial charge in [-0.1, -0.05) is 30.3 Å². The third kappa shape index (κ3) is 7.97. The molecule has 47 heavy (non-hydrogen) atoms. The summed E-state index contributed by atoms with van der Waals surface area (Å²) in [6.45, 7) is 0.141. The number of nitrogens with one attached hydrogen (secondary N) is 2. The van der Waals surface area contributed by atoms with E-state index in [1.807, 2.05) is 6.07 Å². The van der Waals surface area contributed by atoms with E-state index in [2.05, 4.69) is 20.7 Å². The van der Waals surface area contributed by atoms with Gasteiger partial charge in [0.2, 0.25) is 11.8 Å². The second-order valence-electron chi connectivity index (χ2n) is 12.2. The molecule has 2 unspecified atom stereocenters. The van der Waals surface area contributed by atoms with Crippen molar-refractivity contribution in [2.45, 2.75) is 87.8 Å². The molecular formula is C31H35F5N6O5. The number of fused-ring (bicyclic) bond motifs is 1. The van der Waals surface area contributed by atoms with E-state index in [4.69, 9.17) is 19.2 Å². The molecule has 2 N–H and O–H groups in total. The fourth-order valence-electron chi connectivity index (χ4n) is 6.42. The van der Waals surface area contributed by atoms with Crippen molar-refractivity contribution in [2.24, 2.45) is 5.92 Å². The number of halogens is 5. The Hall–Kier alpha value is -3.92. The molecule has 6 rings (SSSR count). The standard InChI is InChI=1S/C31H35F5N6O5/c32-30(33)10-4-7-20(14-30)26(40-29(44)46-17-18-5-2-1-3-6-18)22-16-42-28(38-22)39-25(19-8-11-45-12-9-19)21(41-42)13-23-27(43)37-15-24(47-23)31(34,35)36/h1-3,5-6,16,19-20,23-24,26H,4,7-15,17H2,(H,37,43)(H,40,44)/t20-,23?,24?,26-/m0/s1. The fraction of sp³-hybridized carbons (Fsp3) is 0.581. The predicted molar refractivity (Wildman–Crippen MR) is 154 cm³/mol. The van der Waals surface area contributed by atoms with Gasteiger partial charge in [-0.25, -0.2) is 28.1 Å². The zero-order valence-corrected chi connectivity index (χ0v) is 25.3. The summed E-state index contributed by atoms with van der Waals surface area (Å²) in [5, 5.41) is 9.61. The number of aromatic nitrogens is 4. The first-order valence-corrected chi connectivity index (χ1v) is 15.6. The molecule has 1 aromatic carbocycles. The van der Waals surface area contributed by atoms with E-state index in [0.717, 1.165) is 5.56 Å². The third-order valence-corrected chi connectivity index (χ3v) is 8.82. The lowest BCUT2D eigenvalue weighted by Gasteiger charge is -2.33. The Morgan fingerprint density at radius 2 is 1.91 bits per heavy atom. The summed E-state index contributed by atoms with van der Waals surface area (Å²) in [5.74, 6) is -4.38. The van der Waals surface area contributed by atoms with Crippen molar-refractivity contribution in [3.8, 4) is 0 Å². The quantitative estimate of drug-likeness (QED) is 0.329. The average Bonchev–Trinajstić information content (AvgIpc) is 3.46. The molecule has 3 aromatic rings. The number of alkyl carbamates (subject to hydrolysis) is 1. The highest BCUT2D eigenvalue weighted by atomic mass is 19.4. The summed E-state index contributed by atoms with van der Waals surface area (Å²) in [7, 11) is 0. The average molecular weight is 667 g/mol. The molecule has 0 radical (unpaired) electrons. The highest BCUT2D eigenvalue weighted by Gasteiger charge is 2.46. The molecule has 1 saturated carbocycles. The van der Waals surface area contributed by atoms with Crippen LogP contribution in [0, 0.1) is 5.92 Å². The Kier molecular flexibility index (Phi) is 9.60. The van der Waals surface area contributed by atoms with E-state index >= 15 is 0 Å². The number of carbonyl (C=O) groups is 2. The monoisotopic (exact) mass is 666 g/mol. The molecular weight excluding hydrogens is 631 g/mol. The van der Waals surface area contributed by atoms with Gasteiger partial charge >= 0.3 is 12.3 Å². The Bertz CT molecular complexity index is 1570. The zero-order chi connectivity index (χ0) is 33.2. The normalized spacial score (nSPS) is 24.4. The Balaban J connectivity index is 1.31. The van der Waals surface area contributed by atoms with Gasteiger partial charge in [-0.05, 0) is 37.2 Å². The second kappa shape index (κ2) is 13.7. The van der Waals surface area contributed by atoms with Crippen molar-refractivity contribution in [1.29, 1.82) is 0 Å². The first-order chi connectivity index (χ1) is 22.4. The number of benzene rings is 1. The lowest BCUT2D eigenvalue weighted by molar-refractivity contribution is -0.237. The van der Waals surface area contributed by atoms with Crippen LogP contribution < -0.4 is 10.6 Å². The molecule has 11 nitrogen and oxygen atoms in total. The van der Waals surface area contributed by atoms with Crippen LogP contribution in [0.25, 0.3) is 5.78 Å². The van der Waals surface area contributed by atoms with Crippen LogP contribution in [0.1, 0.15) is 73.1 Å². The highest BCUT2D eigenvalue weighted by molar-refractivity contribution is 5.81. The molecule has 2 aliphatic heterocycles. The smallest absolute Gasteiger partial charge is 0.416 e. The molecule has 3 aliphatic rings. The van der Waals surface area contributed by atoms with E-state index in [9.17, 15) is 31.5 Å². The fourth-order valence-corrected chi connectivity index (χ4v) is 6.42. The minimum atomic E-state index is -4.68. The molecule has 2 aromatic heterocycles. The van der Waals surface area contributed by atoms with Crippen LogP contribution >= 0.6 is 0 Å². The number of amides is 2. The van der Waals surface area contributed by atoms with Crippen LogP contribution in [0.2, 0.25) is 0 Å². The second-order valence-corrected chi connectivity index (χ2v) is 12.2. The maximum atomic E-state index is 14.6. The SMILES string of the molecule is O=C(N[C@H](c1cn2nc(CC3OC(C(F)(F)F)CNC3=O)c(C3CCOCC3)nc2n1)[C@H]1CCCC(F)(F)C1)OCc1ccccc1. The van der Waals surface area contributed by atoms with Crippen molar-refractivity contribution in [3.05, 3.63) is 59.2 Å². The summed E-state index contributed by atoms with van der Waals surface area (Å²) in [4.78, 5) is 34.9. The van der Waals surface area contributed by atoms with Crippen LogP contribution in [0.15, 0.2) is 36.5 Å². The summed E-state index contributed by atoms with van der Waals surface area (Å²) in [6.07, 6.45) is -6.92. The molecule has 2 saturated heterocycles. The van der Waals surface area contributed by atoms with Gasteiger partial charge in [0.25, 0.3) is 5.78 Å². The van der Waals surface area contributed by atoms with Crippen molar-refractivity contribution >= 4 is 17.8 Å². The summed E-state index contributed by atoms with van der Waals surface area (Å²) in [6, 6.07) is 8.01. The van der Waals surface area contributed by atoms with Gasteiger partial charge in [-0.3, -0.25) is 4.79 Å². The van der Waals surface area contributed by atoms with Crippen molar-refractivity contribution in [1.82, 2.24) is 30.2 Å². The first kappa shape index (κ1) is 33.0. The van der Waals surface area contributed by atoms with Gasteiger partial charge in [-0.2, -0.15) is 18.3 Å². The van der Waals surface area contributed by atoms with Gasteiger partial charge in [0.15, 0.2) is 6.10 Å². The topological polar surface area (TPSA) is 129 Å². The van der Waals surface area contributed by atoms with E-state index in [1.54, 1.807) is 24.3 Å². The van der Waals surface area contributed by atoms with Gasteiger partial charge in [-0.15, -0.1) is 0 Å². The molecule has 4 atom stereocenters. The Morgan fingerprint density at radius 3 is 2.64 bits per heavy atom. The van der Waals surface area contributed by atoms with Crippen LogP contribution in [0.3, 0.4) is 0 Å². The minimum absolute atomic E-state index is 0.0294. The summed E-state index contributed by atoms with van der Waals surface area (Å²) in [5.41, 5.74) is 1.66. The molecule has 0 bridgehead atoms. The van der Waals surface area contributed by atoms with E-state index in [0.29, 0.717) is 38.2 Å². The van der Waals surface area contributed by atoms with Gasteiger partial charge in [0.05, 0.1) is 35.9 Å². The zero-order valence-electron chi connectivity index (χ0n) is 25.3. The number of alkyl halides is 5. The molecule has 4 heterocycles. The number of ether oxygens (including phenoxy) is 3. The summed E-state index contributed by atoms with van der Waals surface area (Å²) < 4.78 is 86.9. The lowest BCUT2D eigenvalue weighted by Crippen LogP contribution is -2.55. The maximum absolute atomic E-state index is 14.6. The number of nitrogens with zero attached hydrogens (tertiary/aromatic N) is 4.